The summed E-state index contributed by atoms with van der Waals surface area (Å²) in [5.74, 6) is -0.628. The molecular formula is C17H15FN4O3. The number of carbonyl (C=O) groups excluding carboxylic acids is 1. The molecule has 0 spiro atoms. The third-order valence-corrected chi connectivity index (χ3v) is 3.88. The van der Waals surface area contributed by atoms with Gasteiger partial charge in [0.1, 0.15) is 12.2 Å². The van der Waals surface area contributed by atoms with Crippen molar-refractivity contribution in [2.24, 2.45) is 0 Å². The van der Waals surface area contributed by atoms with Gasteiger partial charge in [0.05, 0.1) is 13.7 Å². The molecule has 1 amide bonds. The summed E-state index contributed by atoms with van der Waals surface area (Å²) >= 11 is 0. The SMILES string of the molecule is COc1ccc(C(=O)N2CCC(Oc3nccnc3C#N)C2)cc1F. The zero-order valence-corrected chi connectivity index (χ0v) is 13.5. The molecule has 1 saturated heterocycles. The normalized spacial score (nSPS) is 16.4. The number of nitriles is 1. The van der Waals surface area contributed by atoms with Crippen molar-refractivity contribution in [1.82, 2.24) is 14.9 Å². The van der Waals surface area contributed by atoms with E-state index in [1.807, 2.05) is 6.07 Å². The molecule has 1 aliphatic heterocycles. The van der Waals surface area contributed by atoms with Crippen LogP contribution in [0.25, 0.3) is 0 Å². The first-order valence-corrected chi connectivity index (χ1v) is 7.63. The monoisotopic (exact) mass is 342 g/mol. The number of carbonyl (C=O) groups is 1. The molecule has 2 heterocycles. The maximum Gasteiger partial charge on any atom is 0.254 e. The van der Waals surface area contributed by atoms with Gasteiger partial charge in [0.2, 0.25) is 5.69 Å². The summed E-state index contributed by atoms with van der Waals surface area (Å²) in [6.07, 6.45) is 3.14. The van der Waals surface area contributed by atoms with E-state index in [9.17, 15) is 9.18 Å². The van der Waals surface area contributed by atoms with E-state index >= 15 is 0 Å². The summed E-state index contributed by atoms with van der Waals surface area (Å²) in [6, 6.07) is 6.02. The molecule has 0 aliphatic carbocycles. The van der Waals surface area contributed by atoms with Crippen molar-refractivity contribution in [3.63, 3.8) is 0 Å². The molecule has 2 aromatic rings. The molecule has 1 aromatic heterocycles. The highest BCUT2D eigenvalue weighted by Crippen LogP contribution is 2.22. The molecule has 1 aromatic carbocycles. The van der Waals surface area contributed by atoms with Crippen LogP contribution in [0.15, 0.2) is 30.6 Å². The van der Waals surface area contributed by atoms with E-state index in [1.165, 1.54) is 31.6 Å². The van der Waals surface area contributed by atoms with Gasteiger partial charge in [-0.3, -0.25) is 4.79 Å². The Bertz CT molecular complexity index is 837. The first-order valence-electron chi connectivity index (χ1n) is 7.63. The number of rotatable bonds is 4. The van der Waals surface area contributed by atoms with Crippen molar-refractivity contribution in [3.8, 4) is 17.7 Å². The number of hydrogen-bond donors (Lipinski definition) is 0. The Morgan fingerprint density at radius 2 is 2.20 bits per heavy atom. The standard InChI is InChI=1S/C17H15FN4O3/c1-24-15-3-2-11(8-13(15)18)17(23)22-7-4-12(10-22)25-16-14(9-19)20-5-6-21-16/h2-3,5-6,8,12H,4,7,10H2,1H3. The maximum absolute atomic E-state index is 13.8. The Labute approximate surface area is 143 Å². The second-order valence-electron chi connectivity index (χ2n) is 5.45. The number of aromatic nitrogens is 2. The van der Waals surface area contributed by atoms with Crippen LogP contribution in [0.2, 0.25) is 0 Å². The number of ether oxygens (including phenoxy) is 2. The molecule has 0 radical (unpaired) electrons. The van der Waals surface area contributed by atoms with Crippen molar-refractivity contribution in [1.29, 1.82) is 5.26 Å². The third kappa shape index (κ3) is 3.50. The maximum atomic E-state index is 13.8. The molecule has 3 rings (SSSR count). The van der Waals surface area contributed by atoms with Crippen LogP contribution < -0.4 is 9.47 Å². The predicted molar refractivity (Wildman–Crippen MR) is 84.6 cm³/mol. The number of nitrogens with zero attached hydrogens (tertiary/aromatic N) is 4. The van der Waals surface area contributed by atoms with E-state index in [1.54, 1.807) is 4.90 Å². The Hall–Kier alpha value is -3.21. The third-order valence-electron chi connectivity index (χ3n) is 3.88. The van der Waals surface area contributed by atoms with Gasteiger partial charge in [-0.1, -0.05) is 0 Å². The number of halogens is 1. The first-order chi connectivity index (χ1) is 12.1. The lowest BCUT2D eigenvalue weighted by molar-refractivity contribution is 0.0770. The van der Waals surface area contributed by atoms with Crippen LogP contribution in [-0.4, -0.2) is 47.1 Å². The lowest BCUT2D eigenvalue weighted by Crippen LogP contribution is -2.31. The molecule has 1 unspecified atom stereocenters. The van der Waals surface area contributed by atoms with Gasteiger partial charge in [0, 0.05) is 30.9 Å². The van der Waals surface area contributed by atoms with E-state index in [0.29, 0.717) is 19.5 Å². The molecule has 25 heavy (non-hydrogen) atoms. The lowest BCUT2D eigenvalue weighted by Gasteiger charge is -2.17. The van der Waals surface area contributed by atoms with Crippen molar-refractivity contribution in [3.05, 3.63) is 47.7 Å². The van der Waals surface area contributed by atoms with Gasteiger partial charge in [-0.2, -0.15) is 5.26 Å². The molecule has 1 fully saturated rings. The lowest BCUT2D eigenvalue weighted by atomic mass is 10.2. The van der Waals surface area contributed by atoms with Gasteiger partial charge in [0.15, 0.2) is 11.6 Å². The summed E-state index contributed by atoms with van der Waals surface area (Å²) in [4.78, 5) is 22.0. The van der Waals surface area contributed by atoms with Crippen LogP contribution in [-0.2, 0) is 0 Å². The highest BCUT2D eigenvalue weighted by molar-refractivity contribution is 5.94. The van der Waals surface area contributed by atoms with Gasteiger partial charge < -0.3 is 14.4 Å². The smallest absolute Gasteiger partial charge is 0.254 e. The van der Waals surface area contributed by atoms with E-state index in [0.717, 1.165) is 6.07 Å². The van der Waals surface area contributed by atoms with Gasteiger partial charge in [-0.25, -0.2) is 14.4 Å². The number of hydrogen-bond acceptors (Lipinski definition) is 6. The second kappa shape index (κ2) is 7.13. The van der Waals surface area contributed by atoms with E-state index in [2.05, 4.69) is 9.97 Å². The molecule has 1 atom stereocenters. The molecule has 8 heteroatoms. The topological polar surface area (TPSA) is 88.3 Å². The minimum absolute atomic E-state index is 0.0888. The molecule has 0 bridgehead atoms. The zero-order valence-electron chi connectivity index (χ0n) is 13.5. The Balaban J connectivity index is 1.67. The highest BCUT2D eigenvalue weighted by Gasteiger charge is 2.29. The van der Waals surface area contributed by atoms with Crippen LogP contribution in [0.3, 0.4) is 0 Å². The zero-order chi connectivity index (χ0) is 17.8. The summed E-state index contributed by atoms with van der Waals surface area (Å²) in [5, 5.41) is 9.01. The predicted octanol–water partition coefficient (Wildman–Crippen LogP) is 1.79. The molecular weight excluding hydrogens is 327 g/mol. The van der Waals surface area contributed by atoms with Gasteiger partial charge >= 0.3 is 0 Å². The number of benzene rings is 1. The Morgan fingerprint density at radius 3 is 2.92 bits per heavy atom. The fraction of sp³-hybridized carbons (Fsp3) is 0.294. The van der Waals surface area contributed by atoms with Crippen LogP contribution in [0.5, 0.6) is 11.6 Å². The molecule has 1 aliphatic rings. The molecule has 128 valence electrons. The van der Waals surface area contributed by atoms with Crippen LogP contribution >= 0.6 is 0 Å². The van der Waals surface area contributed by atoms with Crippen molar-refractivity contribution >= 4 is 5.91 Å². The van der Waals surface area contributed by atoms with Gasteiger partial charge in [0.25, 0.3) is 11.8 Å². The summed E-state index contributed by atoms with van der Waals surface area (Å²) in [7, 11) is 1.37. The van der Waals surface area contributed by atoms with Crippen molar-refractivity contribution < 1.29 is 18.7 Å². The highest BCUT2D eigenvalue weighted by atomic mass is 19.1. The van der Waals surface area contributed by atoms with E-state index in [-0.39, 0.29) is 34.9 Å². The molecule has 0 saturated carbocycles. The van der Waals surface area contributed by atoms with Gasteiger partial charge in [-0.05, 0) is 18.2 Å². The van der Waals surface area contributed by atoms with Crippen LogP contribution in [0.4, 0.5) is 4.39 Å². The van der Waals surface area contributed by atoms with Gasteiger partial charge in [-0.15, -0.1) is 0 Å². The van der Waals surface area contributed by atoms with Crippen molar-refractivity contribution in [2.45, 2.75) is 12.5 Å². The number of methoxy groups -OCH3 is 1. The van der Waals surface area contributed by atoms with E-state index < -0.39 is 5.82 Å². The average Bonchev–Trinajstić information content (AvgIpc) is 3.10. The number of amides is 1. The van der Waals surface area contributed by atoms with Crippen molar-refractivity contribution in [2.75, 3.05) is 20.2 Å². The summed E-state index contributed by atoms with van der Waals surface area (Å²) in [6.45, 7) is 0.799. The first kappa shape index (κ1) is 16.6. The van der Waals surface area contributed by atoms with Crippen LogP contribution in [0.1, 0.15) is 22.5 Å². The summed E-state index contributed by atoms with van der Waals surface area (Å²) in [5.41, 5.74) is 0.348. The molecule has 0 N–H and O–H groups in total. The number of likely N-dealkylation sites (tertiary alicyclic amines) is 1. The fourth-order valence-corrected chi connectivity index (χ4v) is 2.64. The second-order valence-corrected chi connectivity index (χ2v) is 5.45. The van der Waals surface area contributed by atoms with E-state index in [4.69, 9.17) is 14.7 Å². The molecule has 7 nitrogen and oxygen atoms in total. The van der Waals surface area contributed by atoms with Crippen LogP contribution in [0, 0.1) is 17.1 Å². The minimum atomic E-state index is -0.585. The minimum Gasteiger partial charge on any atom is -0.494 e. The largest absolute Gasteiger partial charge is 0.494 e. The Morgan fingerprint density at radius 1 is 1.40 bits per heavy atom. The fourth-order valence-electron chi connectivity index (χ4n) is 2.64. The Kier molecular flexibility index (Phi) is 4.75. The average molecular weight is 342 g/mol. The summed E-state index contributed by atoms with van der Waals surface area (Å²) < 4.78 is 24.3. The quantitative estimate of drug-likeness (QED) is 0.842.